The summed E-state index contributed by atoms with van der Waals surface area (Å²) in [4.78, 5) is 28.8. The number of methoxy groups -OCH3 is 2. The summed E-state index contributed by atoms with van der Waals surface area (Å²) in [5.41, 5.74) is 1.90. The van der Waals surface area contributed by atoms with E-state index in [1.165, 1.54) is 11.3 Å². The van der Waals surface area contributed by atoms with Crippen LogP contribution in [-0.2, 0) is 11.3 Å². The standard InChI is InChI=1S/C25H26N2O4S/c1-30-21-11-6-10-18(23(21)31-2)19-15-27(25(29)22-12-7-13-32-22)16-20(19)24(28)26-14-17-8-4-3-5-9-17/h3-13,19-20H,14-16H2,1-2H3,(H,26,28). The van der Waals surface area contributed by atoms with E-state index in [0.29, 0.717) is 36.0 Å². The Morgan fingerprint density at radius 1 is 1.00 bits per heavy atom. The Morgan fingerprint density at radius 2 is 1.81 bits per heavy atom. The van der Waals surface area contributed by atoms with Crippen LogP contribution in [0.2, 0.25) is 0 Å². The Bertz CT molecular complexity index is 1070. The predicted molar refractivity (Wildman–Crippen MR) is 124 cm³/mol. The maximum absolute atomic E-state index is 13.3. The number of ether oxygens (including phenoxy) is 2. The van der Waals surface area contributed by atoms with E-state index in [9.17, 15) is 9.59 Å². The topological polar surface area (TPSA) is 67.9 Å². The first-order valence-corrected chi connectivity index (χ1v) is 11.4. The predicted octanol–water partition coefficient (Wildman–Crippen LogP) is 3.94. The zero-order valence-corrected chi connectivity index (χ0v) is 18.9. The maximum atomic E-state index is 13.3. The van der Waals surface area contributed by atoms with Crippen molar-refractivity contribution in [2.24, 2.45) is 5.92 Å². The van der Waals surface area contributed by atoms with Crippen LogP contribution in [0.4, 0.5) is 0 Å². The van der Waals surface area contributed by atoms with Gasteiger partial charge in [0.25, 0.3) is 5.91 Å². The van der Waals surface area contributed by atoms with Gasteiger partial charge in [-0.15, -0.1) is 11.3 Å². The second kappa shape index (κ2) is 9.87. The number of amides is 2. The minimum Gasteiger partial charge on any atom is -0.493 e. The fourth-order valence-electron chi connectivity index (χ4n) is 4.23. The monoisotopic (exact) mass is 450 g/mol. The van der Waals surface area contributed by atoms with Crippen molar-refractivity contribution in [1.82, 2.24) is 10.2 Å². The molecule has 0 bridgehead atoms. The molecule has 1 fully saturated rings. The Hall–Kier alpha value is -3.32. The summed E-state index contributed by atoms with van der Waals surface area (Å²) in [6, 6.07) is 19.1. The van der Waals surface area contributed by atoms with Crippen molar-refractivity contribution >= 4 is 23.2 Å². The fraction of sp³-hybridized carbons (Fsp3) is 0.280. The number of thiophene rings is 1. The van der Waals surface area contributed by atoms with Gasteiger partial charge in [-0.05, 0) is 23.1 Å². The molecular weight excluding hydrogens is 424 g/mol. The van der Waals surface area contributed by atoms with Crippen LogP contribution in [0.3, 0.4) is 0 Å². The molecule has 3 aromatic rings. The fourth-order valence-corrected chi connectivity index (χ4v) is 4.92. The van der Waals surface area contributed by atoms with Crippen LogP contribution in [0.15, 0.2) is 66.0 Å². The van der Waals surface area contributed by atoms with E-state index in [2.05, 4.69) is 5.32 Å². The lowest BCUT2D eigenvalue weighted by molar-refractivity contribution is -0.125. The molecule has 32 heavy (non-hydrogen) atoms. The van der Waals surface area contributed by atoms with Crippen molar-refractivity contribution in [2.45, 2.75) is 12.5 Å². The minimum absolute atomic E-state index is 0.0507. The summed E-state index contributed by atoms with van der Waals surface area (Å²) in [6.07, 6.45) is 0. The van der Waals surface area contributed by atoms with E-state index in [1.807, 2.05) is 66.0 Å². The van der Waals surface area contributed by atoms with Crippen LogP contribution in [0.1, 0.15) is 26.7 Å². The van der Waals surface area contributed by atoms with Crippen molar-refractivity contribution in [2.75, 3.05) is 27.3 Å². The Balaban J connectivity index is 1.62. The number of hydrogen-bond donors (Lipinski definition) is 1. The van der Waals surface area contributed by atoms with Gasteiger partial charge in [-0.3, -0.25) is 9.59 Å². The van der Waals surface area contributed by atoms with E-state index < -0.39 is 5.92 Å². The van der Waals surface area contributed by atoms with Crippen LogP contribution < -0.4 is 14.8 Å². The molecule has 1 aliphatic rings. The molecule has 166 valence electrons. The molecule has 2 aromatic carbocycles. The van der Waals surface area contributed by atoms with Crippen molar-refractivity contribution in [3.8, 4) is 11.5 Å². The van der Waals surface area contributed by atoms with Gasteiger partial charge < -0.3 is 19.7 Å². The molecule has 0 radical (unpaired) electrons. The molecule has 2 atom stereocenters. The number of nitrogens with zero attached hydrogens (tertiary/aromatic N) is 1. The molecule has 2 amide bonds. The quantitative estimate of drug-likeness (QED) is 0.592. The maximum Gasteiger partial charge on any atom is 0.263 e. The van der Waals surface area contributed by atoms with E-state index in [1.54, 1.807) is 19.1 Å². The summed E-state index contributed by atoms with van der Waals surface area (Å²) < 4.78 is 11.1. The van der Waals surface area contributed by atoms with Gasteiger partial charge >= 0.3 is 0 Å². The molecule has 1 N–H and O–H groups in total. The highest BCUT2D eigenvalue weighted by molar-refractivity contribution is 7.12. The normalized spacial score (nSPS) is 17.8. The first-order valence-electron chi connectivity index (χ1n) is 10.5. The van der Waals surface area contributed by atoms with E-state index in [-0.39, 0.29) is 17.7 Å². The minimum atomic E-state index is -0.399. The Kier molecular flexibility index (Phi) is 6.75. The molecule has 2 unspecified atom stereocenters. The van der Waals surface area contributed by atoms with Crippen LogP contribution in [0.5, 0.6) is 11.5 Å². The molecular formula is C25H26N2O4S. The number of carbonyl (C=O) groups excluding carboxylic acids is 2. The van der Waals surface area contributed by atoms with Crippen molar-refractivity contribution < 1.29 is 19.1 Å². The second-order valence-electron chi connectivity index (χ2n) is 7.69. The highest BCUT2D eigenvalue weighted by atomic mass is 32.1. The second-order valence-corrected chi connectivity index (χ2v) is 8.63. The lowest BCUT2D eigenvalue weighted by Gasteiger charge is -2.21. The third kappa shape index (κ3) is 4.48. The lowest BCUT2D eigenvalue weighted by atomic mass is 9.87. The summed E-state index contributed by atoms with van der Waals surface area (Å²) in [6.45, 7) is 1.23. The molecule has 7 heteroatoms. The zero-order chi connectivity index (χ0) is 22.5. The van der Waals surface area contributed by atoms with Gasteiger partial charge in [-0.25, -0.2) is 0 Å². The van der Waals surface area contributed by atoms with E-state index in [4.69, 9.17) is 9.47 Å². The van der Waals surface area contributed by atoms with Crippen molar-refractivity contribution in [3.05, 3.63) is 82.0 Å². The smallest absolute Gasteiger partial charge is 0.263 e. The summed E-state index contributed by atoms with van der Waals surface area (Å²) >= 11 is 1.41. The number of nitrogens with one attached hydrogen (secondary N) is 1. The Labute approximate surface area is 191 Å². The van der Waals surface area contributed by atoms with Gasteiger partial charge in [0.05, 0.1) is 25.0 Å². The number of likely N-dealkylation sites (tertiary alicyclic amines) is 1. The van der Waals surface area contributed by atoms with Crippen LogP contribution in [0, 0.1) is 5.92 Å². The van der Waals surface area contributed by atoms with Gasteiger partial charge in [-0.2, -0.15) is 0 Å². The Morgan fingerprint density at radius 3 is 2.50 bits per heavy atom. The summed E-state index contributed by atoms with van der Waals surface area (Å²) in [5, 5.41) is 4.94. The van der Waals surface area contributed by atoms with Gasteiger partial charge in [0.1, 0.15) is 0 Å². The van der Waals surface area contributed by atoms with Crippen LogP contribution in [0.25, 0.3) is 0 Å². The largest absolute Gasteiger partial charge is 0.493 e. The first kappa shape index (κ1) is 21.9. The van der Waals surface area contributed by atoms with E-state index in [0.717, 1.165) is 11.1 Å². The molecule has 1 aliphatic heterocycles. The average molecular weight is 451 g/mol. The molecule has 1 aromatic heterocycles. The molecule has 2 heterocycles. The molecule has 0 saturated carbocycles. The number of benzene rings is 2. The lowest BCUT2D eigenvalue weighted by Crippen LogP contribution is -2.35. The SMILES string of the molecule is COc1cccc(C2CN(C(=O)c3cccs3)CC2C(=O)NCc2ccccc2)c1OC. The van der Waals surface area contributed by atoms with Crippen molar-refractivity contribution in [3.63, 3.8) is 0 Å². The third-order valence-electron chi connectivity index (χ3n) is 5.82. The van der Waals surface area contributed by atoms with Crippen LogP contribution in [-0.4, -0.2) is 44.0 Å². The molecule has 0 spiro atoms. The number of carbonyl (C=O) groups is 2. The summed E-state index contributed by atoms with van der Waals surface area (Å²) in [5.74, 6) is 0.474. The van der Waals surface area contributed by atoms with E-state index >= 15 is 0 Å². The highest BCUT2D eigenvalue weighted by Crippen LogP contribution is 2.42. The highest BCUT2D eigenvalue weighted by Gasteiger charge is 2.42. The van der Waals surface area contributed by atoms with Gasteiger partial charge in [0.2, 0.25) is 5.91 Å². The molecule has 1 saturated heterocycles. The average Bonchev–Trinajstić information content (AvgIpc) is 3.53. The summed E-state index contributed by atoms with van der Waals surface area (Å²) in [7, 11) is 3.18. The van der Waals surface area contributed by atoms with Gasteiger partial charge in [0.15, 0.2) is 11.5 Å². The molecule has 4 rings (SSSR count). The number of hydrogen-bond acceptors (Lipinski definition) is 5. The third-order valence-corrected chi connectivity index (χ3v) is 6.68. The molecule has 0 aliphatic carbocycles. The van der Waals surface area contributed by atoms with Crippen LogP contribution >= 0.6 is 11.3 Å². The molecule has 6 nitrogen and oxygen atoms in total. The number of para-hydroxylation sites is 1. The van der Waals surface area contributed by atoms with Gasteiger partial charge in [0, 0.05) is 31.1 Å². The zero-order valence-electron chi connectivity index (χ0n) is 18.1. The number of rotatable bonds is 7. The van der Waals surface area contributed by atoms with Gasteiger partial charge in [-0.1, -0.05) is 48.5 Å². The van der Waals surface area contributed by atoms with Crippen molar-refractivity contribution in [1.29, 1.82) is 0 Å². The first-order chi connectivity index (χ1) is 15.6.